The summed E-state index contributed by atoms with van der Waals surface area (Å²) in [5.41, 5.74) is 0.950. The molecule has 0 spiro atoms. The number of amides is 1. The molecule has 0 unspecified atom stereocenters. The summed E-state index contributed by atoms with van der Waals surface area (Å²) >= 11 is 1.78. The number of thiophene rings is 1. The SMILES string of the molecule is Cc1cc2c(s1)CCCN(CCCN1CCN(c3ncccn3)CC1)C2=O.Cl.Cl. The van der Waals surface area contributed by atoms with Crippen LogP contribution in [0.4, 0.5) is 5.95 Å². The molecule has 0 aromatic carbocycles. The molecule has 0 saturated carbocycles. The normalized spacial score (nSPS) is 17.2. The van der Waals surface area contributed by atoms with E-state index in [-0.39, 0.29) is 30.7 Å². The molecule has 2 aliphatic rings. The van der Waals surface area contributed by atoms with Gasteiger partial charge in [0.1, 0.15) is 0 Å². The number of rotatable bonds is 5. The number of aromatic nitrogens is 2. The van der Waals surface area contributed by atoms with Gasteiger partial charge in [-0.25, -0.2) is 9.97 Å². The van der Waals surface area contributed by atoms with Gasteiger partial charge in [-0.15, -0.1) is 36.2 Å². The fourth-order valence-electron chi connectivity index (χ4n) is 3.96. The third-order valence-electron chi connectivity index (χ3n) is 5.39. The van der Waals surface area contributed by atoms with Gasteiger partial charge in [-0.3, -0.25) is 9.69 Å². The lowest BCUT2D eigenvalue weighted by Gasteiger charge is -2.35. The highest BCUT2D eigenvalue weighted by Crippen LogP contribution is 2.27. The molecular formula is C20H29Cl2N5OS. The molecule has 4 heterocycles. The molecule has 29 heavy (non-hydrogen) atoms. The Labute approximate surface area is 189 Å². The van der Waals surface area contributed by atoms with Crippen molar-refractivity contribution in [3.63, 3.8) is 0 Å². The quantitative estimate of drug-likeness (QED) is 0.689. The largest absolute Gasteiger partial charge is 0.339 e. The third kappa shape index (κ3) is 5.81. The number of hydrogen-bond donors (Lipinski definition) is 0. The van der Waals surface area contributed by atoms with E-state index in [1.807, 2.05) is 6.07 Å². The van der Waals surface area contributed by atoms with Gasteiger partial charge in [0.25, 0.3) is 5.91 Å². The van der Waals surface area contributed by atoms with Gasteiger partial charge < -0.3 is 9.80 Å². The van der Waals surface area contributed by atoms with Gasteiger partial charge >= 0.3 is 0 Å². The van der Waals surface area contributed by atoms with Crippen LogP contribution < -0.4 is 4.90 Å². The van der Waals surface area contributed by atoms with Crippen LogP contribution >= 0.6 is 36.2 Å². The van der Waals surface area contributed by atoms with Crippen LogP contribution in [0.25, 0.3) is 0 Å². The number of nitrogens with zero attached hydrogens (tertiary/aromatic N) is 5. The Hall–Kier alpha value is -1.41. The first kappa shape index (κ1) is 23.9. The van der Waals surface area contributed by atoms with Crippen molar-refractivity contribution in [3.05, 3.63) is 39.8 Å². The Kier molecular flexibility index (Phi) is 9.14. The number of hydrogen-bond acceptors (Lipinski definition) is 6. The van der Waals surface area contributed by atoms with Crippen LogP contribution in [0.2, 0.25) is 0 Å². The van der Waals surface area contributed by atoms with Crippen LogP contribution in [0, 0.1) is 6.92 Å². The molecule has 0 atom stereocenters. The standard InChI is InChI=1S/C20H27N5OS.2ClH/c1-16-15-17-18(27-16)5-2-9-24(19(17)26)10-4-8-23-11-13-25(14-12-23)20-21-6-3-7-22-20;;/h3,6-7,15H,2,4-5,8-14H2,1H3;2*1H. The molecule has 4 rings (SSSR count). The minimum absolute atomic E-state index is 0. The average Bonchev–Trinajstić information content (AvgIpc) is 3.01. The maximum Gasteiger partial charge on any atom is 0.254 e. The van der Waals surface area contributed by atoms with Crippen LogP contribution in [0.15, 0.2) is 24.5 Å². The van der Waals surface area contributed by atoms with E-state index in [4.69, 9.17) is 0 Å². The summed E-state index contributed by atoms with van der Waals surface area (Å²) in [5.74, 6) is 1.06. The Morgan fingerprint density at radius 1 is 1.03 bits per heavy atom. The van der Waals surface area contributed by atoms with Gasteiger partial charge in [-0.2, -0.15) is 0 Å². The first-order chi connectivity index (χ1) is 13.2. The Morgan fingerprint density at radius 3 is 2.48 bits per heavy atom. The van der Waals surface area contributed by atoms with E-state index in [1.54, 1.807) is 23.7 Å². The van der Waals surface area contributed by atoms with Crippen molar-refractivity contribution >= 4 is 48.0 Å². The molecular weight excluding hydrogens is 429 g/mol. The van der Waals surface area contributed by atoms with Gasteiger partial charge in [-0.05, 0) is 44.9 Å². The maximum atomic E-state index is 12.8. The molecule has 1 amide bonds. The van der Waals surface area contributed by atoms with E-state index in [0.717, 1.165) is 76.6 Å². The topological polar surface area (TPSA) is 52.6 Å². The number of anilines is 1. The predicted octanol–water partition coefficient (Wildman–Crippen LogP) is 3.29. The van der Waals surface area contributed by atoms with Crippen LogP contribution in [-0.4, -0.2) is 71.5 Å². The second-order valence-electron chi connectivity index (χ2n) is 7.32. The second-order valence-corrected chi connectivity index (χ2v) is 8.66. The van der Waals surface area contributed by atoms with E-state index < -0.39 is 0 Å². The molecule has 2 aromatic heterocycles. The van der Waals surface area contributed by atoms with Crippen molar-refractivity contribution in [1.82, 2.24) is 19.8 Å². The fraction of sp³-hybridized carbons (Fsp3) is 0.550. The summed E-state index contributed by atoms with van der Waals surface area (Å²) in [6.45, 7) is 8.86. The summed E-state index contributed by atoms with van der Waals surface area (Å²) in [4.78, 5) is 30.8. The predicted molar refractivity (Wildman–Crippen MR) is 123 cm³/mol. The number of carbonyl (C=O) groups excluding carboxylic acids is 1. The second kappa shape index (κ2) is 11.1. The maximum absolute atomic E-state index is 12.8. The minimum Gasteiger partial charge on any atom is -0.339 e. The molecule has 2 aliphatic heterocycles. The lowest BCUT2D eigenvalue weighted by molar-refractivity contribution is 0.0753. The zero-order chi connectivity index (χ0) is 18.6. The first-order valence-corrected chi connectivity index (χ1v) is 10.7. The van der Waals surface area contributed by atoms with Crippen LogP contribution in [-0.2, 0) is 6.42 Å². The fourth-order valence-corrected chi connectivity index (χ4v) is 5.02. The van der Waals surface area contributed by atoms with Gasteiger partial charge in [0.15, 0.2) is 0 Å². The molecule has 2 aromatic rings. The molecule has 6 nitrogen and oxygen atoms in total. The highest BCUT2D eigenvalue weighted by molar-refractivity contribution is 7.12. The lowest BCUT2D eigenvalue weighted by Crippen LogP contribution is -2.47. The highest BCUT2D eigenvalue weighted by Gasteiger charge is 2.24. The first-order valence-electron chi connectivity index (χ1n) is 9.83. The molecule has 1 saturated heterocycles. The van der Waals surface area contributed by atoms with E-state index in [1.165, 1.54) is 9.75 Å². The minimum atomic E-state index is 0. The van der Waals surface area contributed by atoms with Crippen molar-refractivity contribution in [2.45, 2.75) is 26.2 Å². The van der Waals surface area contributed by atoms with Crippen molar-refractivity contribution in [3.8, 4) is 0 Å². The molecule has 9 heteroatoms. The van der Waals surface area contributed by atoms with Gasteiger partial charge in [0, 0.05) is 61.4 Å². The average molecular weight is 458 g/mol. The smallest absolute Gasteiger partial charge is 0.254 e. The summed E-state index contributed by atoms with van der Waals surface area (Å²) in [6, 6.07) is 3.93. The Bertz CT molecular complexity index is 780. The molecule has 1 fully saturated rings. The van der Waals surface area contributed by atoms with Crippen molar-refractivity contribution in [2.24, 2.45) is 0 Å². The number of halogens is 2. The number of piperazine rings is 1. The summed E-state index contributed by atoms with van der Waals surface area (Å²) < 4.78 is 0. The summed E-state index contributed by atoms with van der Waals surface area (Å²) in [5, 5.41) is 0. The van der Waals surface area contributed by atoms with Crippen molar-refractivity contribution in [1.29, 1.82) is 0 Å². The van der Waals surface area contributed by atoms with Gasteiger partial charge in [0.05, 0.1) is 5.56 Å². The van der Waals surface area contributed by atoms with Crippen molar-refractivity contribution < 1.29 is 4.79 Å². The number of aryl methyl sites for hydroxylation is 2. The molecule has 160 valence electrons. The van der Waals surface area contributed by atoms with Gasteiger partial charge in [0.2, 0.25) is 5.95 Å². The van der Waals surface area contributed by atoms with E-state index in [2.05, 4.69) is 37.7 Å². The van der Waals surface area contributed by atoms with Crippen LogP contribution in [0.3, 0.4) is 0 Å². The van der Waals surface area contributed by atoms with Crippen LogP contribution in [0.1, 0.15) is 33.0 Å². The molecule has 0 bridgehead atoms. The van der Waals surface area contributed by atoms with E-state index in [0.29, 0.717) is 0 Å². The monoisotopic (exact) mass is 457 g/mol. The van der Waals surface area contributed by atoms with Crippen molar-refractivity contribution in [2.75, 3.05) is 50.7 Å². The van der Waals surface area contributed by atoms with Gasteiger partial charge in [-0.1, -0.05) is 0 Å². The summed E-state index contributed by atoms with van der Waals surface area (Å²) in [7, 11) is 0. The number of carbonyl (C=O) groups is 1. The molecule has 0 radical (unpaired) electrons. The third-order valence-corrected chi connectivity index (χ3v) is 6.50. The molecule has 0 aliphatic carbocycles. The summed E-state index contributed by atoms with van der Waals surface area (Å²) in [6.07, 6.45) is 6.75. The number of fused-ring (bicyclic) bond motifs is 1. The highest BCUT2D eigenvalue weighted by atomic mass is 35.5. The lowest BCUT2D eigenvalue weighted by atomic mass is 10.2. The van der Waals surface area contributed by atoms with Crippen LogP contribution in [0.5, 0.6) is 0 Å². The van der Waals surface area contributed by atoms with E-state index in [9.17, 15) is 4.79 Å². The molecule has 0 N–H and O–H groups in total. The zero-order valence-electron chi connectivity index (χ0n) is 16.7. The zero-order valence-corrected chi connectivity index (χ0v) is 19.2. The Morgan fingerprint density at radius 2 is 1.76 bits per heavy atom. The van der Waals surface area contributed by atoms with E-state index >= 15 is 0 Å². The Balaban J connectivity index is 0.00000150.